The van der Waals surface area contributed by atoms with Crippen LogP contribution in [0.1, 0.15) is 10.4 Å². The summed E-state index contributed by atoms with van der Waals surface area (Å²) in [6, 6.07) is 4.41. The van der Waals surface area contributed by atoms with E-state index in [1.54, 1.807) is 11.0 Å². The van der Waals surface area contributed by atoms with Crippen LogP contribution in [0, 0.1) is 5.82 Å². The van der Waals surface area contributed by atoms with Crippen LogP contribution >= 0.6 is 15.9 Å². The SMILES string of the molecule is COC(=O)CN1CCN(C(=O)c2cccc(F)c2Br)CC1. The van der Waals surface area contributed by atoms with E-state index >= 15 is 0 Å². The molecule has 1 aliphatic rings. The van der Waals surface area contributed by atoms with Gasteiger partial charge in [-0.15, -0.1) is 0 Å². The largest absolute Gasteiger partial charge is 0.468 e. The first-order valence-corrected chi connectivity index (χ1v) is 7.34. The molecule has 1 aromatic rings. The van der Waals surface area contributed by atoms with Crippen molar-refractivity contribution in [1.29, 1.82) is 0 Å². The van der Waals surface area contributed by atoms with Crippen LogP contribution in [0.3, 0.4) is 0 Å². The Kier molecular flexibility index (Phi) is 5.30. The molecule has 0 atom stereocenters. The third-order valence-corrected chi connectivity index (χ3v) is 4.23. The number of methoxy groups -OCH3 is 1. The number of piperazine rings is 1. The average Bonchev–Trinajstić information content (AvgIpc) is 2.50. The highest BCUT2D eigenvalue weighted by molar-refractivity contribution is 9.10. The normalized spacial score (nSPS) is 15.9. The maximum absolute atomic E-state index is 13.5. The number of rotatable bonds is 3. The monoisotopic (exact) mass is 358 g/mol. The van der Waals surface area contributed by atoms with Crippen molar-refractivity contribution in [3.63, 3.8) is 0 Å². The number of nitrogens with zero attached hydrogens (tertiary/aromatic N) is 2. The van der Waals surface area contributed by atoms with Crippen molar-refractivity contribution in [2.24, 2.45) is 0 Å². The summed E-state index contributed by atoms with van der Waals surface area (Å²) in [4.78, 5) is 27.2. The Hall–Kier alpha value is -1.47. The predicted molar refractivity (Wildman–Crippen MR) is 78.5 cm³/mol. The molecule has 1 aliphatic heterocycles. The van der Waals surface area contributed by atoms with Crippen LogP contribution < -0.4 is 0 Å². The summed E-state index contributed by atoms with van der Waals surface area (Å²) < 4.78 is 18.3. The van der Waals surface area contributed by atoms with Gasteiger partial charge in [0.25, 0.3) is 5.91 Å². The Bertz CT molecular complexity index is 545. The van der Waals surface area contributed by atoms with E-state index in [1.807, 2.05) is 4.90 Å². The molecule has 1 amide bonds. The van der Waals surface area contributed by atoms with Gasteiger partial charge in [-0.05, 0) is 28.1 Å². The smallest absolute Gasteiger partial charge is 0.319 e. The van der Waals surface area contributed by atoms with Crippen molar-refractivity contribution in [2.75, 3.05) is 39.8 Å². The molecule has 0 spiro atoms. The van der Waals surface area contributed by atoms with Crippen LogP contribution in [0.4, 0.5) is 4.39 Å². The molecule has 0 aromatic heterocycles. The Balaban J connectivity index is 1.97. The summed E-state index contributed by atoms with van der Waals surface area (Å²) in [5.74, 6) is -0.952. The second kappa shape index (κ2) is 7.00. The quantitative estimate of drug-likeness (QED) is 0.768. The third kappa shape index (κ3) is 3.79. The highest BCUT2D eigenvalue weighted by Crippen LogP contribution is 2.22. The van der Waals surface area contributed by atoms with Crippen molar-refractivity contribution in [2.45, 2.75) is 0 Å². The lowest BCUT2D eigenvalue weighted by Gasteiger charge is -2.34. The van der Waals surface area contributed by atoms with E-state index in [0.717, 1.165) is 0 Å². The number of carbonyl (C=O) groups excluding carboxylic acids is 2. The summed E-state index contributed by atoms with van der Waals surface area (Å²) >= 11 is 3.11. The van der Waals surface area contributed by atoms with E-state index < -0.39 is 5.82 Å². The number of benzene rings is 1. The number of ether oxygens (including phenoxy) is 1. The lowest BCUT2D eigenvalue weighted by atomic mass is 10.1. The molecular formula is C14H16BrFN2O3. The van der Waals surface area contributed by atoms with E-state index in [-0.39, 0.29) is 22.9 Å². The Labute approximate surface area is 130 Å². The number of hydrogen-bond acceptors (Lipinski definition) is 4. The van der Waals surface area contributed by atoms with Gasteiger partial charge in [0, 0.05) is 26.2 Å². The third-order valence-electron chi connectivity index (χ3n) is 3.42. The lowest BCUT2D eigenvalue weighted by molar-refractivity contribution is -0.142. The Morgan fingerprint density at radius 1 is 1.29 bits per heavy atom. The summed E-state index contributed by atoms with van der Waals surface area (Å²) in [7, 11) is 1.35. The zero-order chi connectivity index (χ0) is 15.4. The molecule has 21 heavy (non-hydrogen) atoms. The van der Waals surface area contributed by atoms with Gasteiger partial charge >= 0.3 is 5.97 Å². The number of halogens is 2. The topological polar surface area (TPSA) is 49.9 Å². The van der Waals surface area contributed by atoms with E-state index in [4.69, 9.17) is 0 Å². The Morgan fingerprint density at radius 2 is 1.95 bits per heavy atom. The first-order valence-electron chi connectivity index (χ1n) is 6.55. The maximum Gasteiger partial charge on any atom is 0.319 e. The molecule has 0 radical (unpaired) electrons. The molecule has 1 heterocycles. The molecule has 2 rings (SSSR count). The van der Waals surface area contributed by atoms with Gasteiger partial charge in [0.2, 0.25) is 0 Å². The van der Waals surface area contributed by atoms with Crippen molar-refractivity contribution in [3.8, 4) is 0 Å². The molecule has 114 valence electrons. The maximum atomic E-state index is 13.5. The van der Waals surface area contributed by atoms with Gasteiger partial charge in [0.05, 0.1) is 23.7 Å². The number of amides is 1. The molecule has 7 heteroatoms. The summed E-state index contributed by atoms with van der Waals surface area (Å²) in [5.41, 5.74) is 0.316. The molecule has 0 bridgehead atoms. The molecule has 0 aliphatic carbocycles. The number of carbonyl (C=O) groups is 2. The lowest BCUT2D eigenvalue weighted by Crippen LogP contribution is -2.50. The minimum Gasteiger partial charge on any atom is -0.468 e. The van der Waals surface area contributed by atoms with Crippen LogP contribution in [0.25, 0.3) is 0 Å². The van der Waals surface area contributed by atoms with E-state index in [2.05, 4.69) is 20.7 Å². The minimum atomic E-state index is -0.454. The van der Waals surface area contributed by atoms with E-state index in [9.17, 15) is 14.0 Å². The van der Waals surface area contributed by atoms with Crippen molar-refractivity contribution < 1.29 is 18.7 Å². The van der Waals surface area contributed by atoms with Gasteiger partial charge in [0.15, 0.2) is 0 Å². The molecule has 1 aromatic carbocycles. The van der Waals surface area contributed by atoms with Gasteiger partial charge in [-0.25, -0.2) is 4.39 Å². The molecule has 5 nitrogen and oxygen atoms in total. The number of hydrogen-bond donors (Lipinski definition) is 0. The van der Waals surface area contributed by atoms with Crippen molar-refractivity contribution in [3.05, 3.63) is 34.1 Å². The fourth-order valence-corrected chi connectivity index (χ4v) is 2.63. The zero-order valence-electron chi connectivity index (χ0n) is 11.6. The first-order chi connectivity index (χ1) is 10.0. The summed E-state index contributed by atoms with van der Waals surface area (Å²) in [6.07, 6.45) is 0. The average molecular weight is 359 g/mol. The fraction of sp³-hybridized carbons (Fsp3) is 0.429. The highest BCUT2D eigenvalue weighted by Gasteiger charge is 2.25. The van der Waals surface area contributed by atoms with Gasteiger partial charge in [-0.1, -0.05) is 6.07 Å². The standard InChI is InChI=1S/C14H16BrFN2O3/c1-21-12(19)9-17-5-7-18(8-6-17)14(20)10-3-2-4-11(16)13(10)15/h2-4H,5-9H2,1H3. The van der Waals surface area contributed by atoms with Gasteiger partial charge in [0.1, 0.15) is 5.82 Å². The summed E-state index contributed by atoms with van der Waals surface area (Å²) in [5, 5.41) is 0. The second-order valence-corrected chi connectivity index (χ2v) is 5.54. The molecule has 0 saturated carbocycles. The van der Waals surface area contributed by atoms with Crippen molar-refractivity contribution >= 4 is 27.8 Å². The van der Waals surface area contributed by atoms with E-state index in [1.165, 1.54) is 19.2 Å². The summed E-state index contributed by atoms with van der Waals surface area (Å²) in [6.45, 7) is 2.40. The Morgan fingerprint density at radius 3 is 2.57 bits per heavy atom. The minimum absolute atomic E-state index is 0.187. The van der Waals surface area contributed by atoms with Gasteiger partial charge in [-0.2, -0.15) is 0 Å². The van der Waals surface area contributed by atoms with Gasteiger partial charge in [-0.3, -0.25) is 14.5 Å². The molecule has 1 fully saturated rings. The number of esters is 1. The van der Waals surface area contributed by atoms with Crippen LogP contribution in [0.2, 0.25) is 0 Å². The molecular weight excluding hydrogens is 343 g/mol. The van der Waals surface area contributed by atoms with Crippen LogP contribution in [0.15, 0.2) is 22.7 Å². The van der Waals surface area contributed by atoms with Gasteiger partial charge < -0.3 is 9.64 Å². The predicted octanol–water partition coefficient (Wildman–Crippen LogP) is 1.52. The zero-order valence-corrected chi connectivity index (χ0v) is 13.2. The van der Waals surface area contributed by atoms with E-state index in [0.29, 0.717) is 31.7 Å². The molecule has 0 unspecified atom stereocenters. The highest BCUT2D eigenvalue weighted by atomic mass is 79.9. The van der Waals surface area contributed by atoms with Crippen LogP contribution in [-0.2, 0) is 9.53 Å². The molecule has 1 saturated heterocycles. The van der Waals surface area contributed by atoms with Crippen molar-refractivity contribution in [1.82, 2.24) is 9.80 Å². The molecule has 0 N–H and O–H groups in total. The van der Waals surface area contributed by atoms with Crippen LogP contribution in [-0.4, -0.2) is 61.5 Å². The van der Waals surface area contributed by atoms with Crippen LogP contribution in [0.5, 0.6) is 0 Å². The first kappa shape index (κ1) is 15.9. The fourth-order valence-electron chi connectivity index (χ4n) is 2.20. The second-order valence-electron chi connectivity index (χ2n) is 4.75.